The molecule has 1 spiro atoms. The van der Waals surface area contributed by atoms with E-state index in [9.17, 15) is 4.79 Å². The molecular formula is C22H31N5O. The molecule has 0 bridgehead atoms. The Morgan fingerprint density at radius 2 is 1.96 bits per heavy atom. The summed E-state index contributed by atoms with van der Waals surface area (Å²) in [6, 6.07) is 4.16. The average Bonchev–Trinajstić information content (AvgIpc) is 2.94. The van der Waals surface area contributed by atoms with Gasteiger partial charge in [0.05, 0.1) is 11.3 Å². The summed E-state index contributed by atoms with van der Waals surface area (Å²) in [5.74, 6) is 0.159. The van der Waals surface area contributed by atoms with Gasteiger partial charge in [-0.1, -0.05) is 6.07 Å². The van der Waals surface area contributed by atoms with E-state index >= 15 is 0 Å². The summed E-state index contributed by atoms with van der Waals surface area (Å²) in [7, 11) is 1.91. The number of piperidine rings is 2. The van der Waals surface area contributed by atoms with E-state index < -0.39 is 0 Å². The molecule has 4 heterocycles. The zero-order valence-electron chi connectivity index (χ0n) is 17.3. The van der Waals surface area contributed by atoms with Gasteiger partial charge >= 0.3 is 0 Å². The number of amides is 1. The Bertz CT molecular complexity index is 842. The van der Waals surface area contributed by atoms with E-state index in [4.69, 9.17) is 0 Å². The number of carbonyl (C=O) groups excluding carboxylic acids is 1. The Kier molecular flexibility index (Phi) is 5.23. The topological polar surface area (TPSA) is 54.3 Å². The van der Waals surface area contributed by atoms with Crippen molar-refractivity contribution in [1.29, 1.82) is 0 Å². The molecule has 2 aromatic rings. The molecule has 150 valence electrons. The summed E-state index contributed by atoms with van der Waals surface area (Å²) >= 11 is 0. The van der Waals surface area contributed by atoms with Crippen LogP contribution in [0.25, 0.3) is 0 Å². The number of carbonyl (C=O) groups is 1. The van der Waals surface area contributed by atoms with Gasteiger partial charge in [0.2, 0.25) is 0 Å². The number of rotatable bonds is 3. The van der Waals surface area contributed by atoms with Crippen LogP contribution in [0.5, 0.6) is 0 Å². The quantitative estimate of drug-likeness (QED) is 0.820. The van der Waals surface area contributed by atoms with Crippen molar-refractivity contribution in [3.05, 3.63) is 47.0 Å². The smallest absolute Gasteiger partial charge is 0.257 e. The number of aromatic nitrogens is 3. The lowest BCUT2D eigenvalue weighted by Gasteiger charge is -2.48. The first-order valence-corrected chi connectivity index (χ1v) is 10.4. The molecule has 6 nitrogen and oxygen atoms in total. The SMILES string of the molecule is Cc1nn(C)c(C)c1C(=O)N1CCCC2(CCCN(Cc3cccnc3)C2)C1. The van der Waals surface area contributed by atoms with Crippen molar-refractivity contribution in [3.8, 4) is 0 Å². The summed E-state index contributed by atoms with van der Waals surface area (Å²) in [6.07, 6.45) is 8.51. The van der Waals surface area contributed by atoms with Crippen LogP contribution in [-0.2, 0) is 13.6 Å². The van der Waals surface area contributed by atoms with Gasteiger partial charge in [-0.3, -0.25) is 19.4 Å². The molecule has 2 aliphatic rings. The summed E-state index contributed by atoms with van der Waals surface area (Å²) in [6.45, 7) is 8.80. The number of aryl methyl sites for hydroxylation is 2. The largest absolute Gasteiger partial charge is 0.338 e. The summed E-state index contributed by atoms with van der Waals surface area (Å²) < 4.78 is 1.82. The summed E-state index contributed by atoms with van der Waals surface area (Å²) in [5, 5.41) is 4.44. The van der Waals surface area contributed by atoms with E-state index in [-0.39, 0.29) is 11.3 Å². The fourth-order valence-corrected chi connectivity index (χ4v) is 5.15. The van der Waals surface area contributed by atoms with Crippen LogP contribution in [0.1, 0.15) is 53.0 Å². The Morgan fingerprint density at radius 3 is 2.64 bits per heavy atom. The van der Waals surface area contributed by atoms with Crippen LogP contribution >= 0.6 is 0 Å². The van der Waals surface area contributed by atoms with Crippen molar-refractivity contribution in [2.24, 2.45) is 12.5 Å². The highest BCUT2D eigenvalue weighted by Gasteiger charge is 2.41. The van der Waals surface area contributed by atoms with Crippen molar-refractivity contribution < 1.29 is 4.79 Å². The molecular weight excluding hydrogens is 350 g/mol. The average molecular weight is 382 g/mol. The minimum absolute atomic E-state index is 0.159. The highest BCUT2D eigenvalue weighted by molar-refractivity contribution is 5.96. The highest BCUT2D eigenvalue weighted by Crippen LogP contribution is 2.39. The molecule has 4 rings (SSSR count). The number of nitrogens with zero attached hydrogens (tertiary/aromatic N) is 5. The Balaban J connectivity index is 1.48. The number of hydrogen-bond donors (Lipinski definition) is 0. The molecule has 1 amide bonds. The lowest BCUT2D eigenvalue weighted by molar-refractivity contribution is 0.0112. The van der Waals surface area contributed by atoms with Gasteiger partial charge in [-0.25, -0.2) is 0 Å². The van der Waals surface area contributed by atoms with Gasteiger partial charge in [0.1, 0.15) is 0 Å². The molecule has 1 unspecified atom stereocenters. The Labute approximate surface area is 167 Å². The van der Waals surface area contributed by atoms with E-state index in [1.807, 2.05) is 44.0 Å². The third kappa shape index (κ3) is 3.70. The third-order valence-corrected chi connectivity index (χ3v) is 6.54. The van der Waals surface area contributed by atoms with Crippen molar-refractivity contribution >= 4 is 5.91 Å². The monoisotopic (exact) mass is 381 g/mol. The minimum Gasteiger partial charge on any atom is -0.338 e. The van der Waals surface area contributed by atoms with Crippen LogP contribution in [0.15, 0.2) is 24.5 Å². The number of likely N-dealkylation sites (tertiary alicyclic amines) is 2. The first kappa shape index (κ1) is 19.1. The lowest BCUT2D eigenvalue weighted by Crippen LogP contribution is -2.53. The van der Waals surface area contributed by atoms with Crippen molar-refractivity contribution in [2.45, 2.75) is 46.1 Å². The van der Waals surface area contributed by atoms with Crippen LogP contribution < -0.4 is 0 Å². The molecule has 1 atom stereocenters. The van der Waals surface area contributed by atoms with E-state index in [1.165, 1.54) is 24.8 Å². The molecule has 2 fully saturated rings. The van der Waals surface area contributed by atoms with Crippen molar-refractivity contribution in [3.63, 3.8) is 0 Å². The predicted octanol–water partition coefficient (Wildman–Crippen LogP) is 2.95. The first-order valence-electron chi connectivity index (χ1n) is 10.4. The molecule has 0 aromatic carbocycles. The molecule has 28 heavy (non-hydrogen) atoms. The Morgan fingerprint density at radius 1 is 1.18 bits per heavy atom. The molecule has 2 saturated heterocycles. The lowest BCUT2D eigenvalue weighted by atomic mass is 9.73. The van der Waals surface area contributed by atoms with Crippen molar-refractivity contribution in [1.82, 2.24) is 24.6 Å². The van der Waals surface area contributed by atoms with Gasteiger partial charge in [0.25, 0.3) is 5.91 Å². The fourth-order valence-electron chi connectivity index (χ4n) is 5.15. The van der Waals surface area contributed by atoms with Gasteiger partial charge in [0, 0.05) is 56.7 Å². The molecule has 0 radical (unpaired) electrons. The van der Waals surface area contributed by atoms with Crippen LogP contribution in [0.2, 0.25) is 0 Å². The van der Waals surface area contributed by atoms with E-state index in [0.29, 0.717) is 0 Å². The molecule has 6 heteroatoms. The molecule has 2 aromatic heterocycles. The van der Waals surface area contributed by atoms with Gasteiger partial charge in [-0.2, -0.15) is 5.10 Å². The highest BCUT2D eigenvalue weighted by atomic mass is 16.2. The van der Waals surface area contributed by atoms with Crippen LogP contribution in [0.3, 0.4) is 0 Å². The van der Waals surface area contributed by atoms with Gasteiger partial charge < -0.3 is 4.90 Å². The second-order valence-corrected chi connectivity index (χ2v) is 8.68. The van der Waals surface area contributed by atoms with Gasteiger partial charge in [0.15, 0.2) is 0 Å². The maximum absolute atomic E-state index is 13.3. The molecule has 2 aliphatic heterocycles. The van der Waals surface area contributed by atoms with Crippen LogP contribution in [0, 0.1) is 19.3 Å². The number of pyridine rings is 1. The van der Waals surface area contributed by atoms with E-state index in [1.54, 1.807) is 0 Å². The zero-order chi connectivity index (χ0) is 19.7. The van der Waals surface area contributed by atoms with E-state index in [2.05, 4.69) is 25.9 Å². The number of hydrogen-bond acceptors (Lipinski definition) is 4. The van der Waals surface area contributed by atoms with Crippen molar-refractivity contribution in [2.75, 3.05) is 26.2 Å². The molecule has 0 N–H and O–H groups in total. The minimum atomic E-state index is 0.159. The Hall–Kier alpha value is -2.21. The third-order valence-electron chi connectivity index (χ3n) is 6.54. The van der Waals surface area contributed by atoms with Crippen LogP contribution in [0.4, 0.5) is 0 Å². The first-order chi connectivity index (χ1) is 13.5. The second kappa shape index (κ2) is 7.66. The molecule has 0 aliphatic carbocycles. The normalized spacial score (nSPS) is 23.3. The summed E-state index contributed by atoms with van der Waals surface area (Å²) in [5.41, 5.74) is 4.08. The summed E-state index contributed by atoms with van der Waals surface area (Å²) in [4.78, 5) is 22.2. The maximum atomic E-state index is 13.3. The van der Waals surface area contributed by atoms with E-state index in [0.717, 1.165) is 56.1 Å². The maximum Gasteiger partial charge on any atom is 0.257 e. The zero-order valence-corrected chi connectivity index (χ0v) is 17.3. The second-order valence-electron chi connectivity index (χ2n) is 8.68. The molecule has 0 saturated carbocycles. The van der Waals surface area contributed by atoms with Crippen LogP contribution in [-0.4, -0.2) is 56.7 Å². The standard InChI is InChI=1S/C22H31N5O/c1-17-20(18(2)25(3)24-17)21(28)27-12-6-9-22(16-27)8-5-11-26(15-22)14-19-7-4-10-23-13-19/h4,7,10,13H,5-6,8-9,11-12,14-16H2,1-3H3. The van der Waals surface area contributed by atoms with Gasteiger partial charge in [-0.15, -0.1) is 0 Å². The fraction of sp³-hybridized carbons (Fsp3) is 0.591. The van der Waals surface area contributed by atoms with Gasteiger partial charge in [-0.05, 0) is 57.7 Å². The predicted molar refractivity (Wildman–Crippen MR) is 109 cm³/mol.